The molecule has 4 rings (SSSR count). The number of rotatable bonds is 5. The van der Waals surface area contributed by atoms with Crippen LogP contribution in [0.3, 0.4) is 0 Å². The molecule has 3 heterocycles. The molecule has 6 nitrogen and oxygen atoms in total. The van der Waals surface area contributed by atoms with E-state index < -0.39 is 17.4 Å². The van der Waals surface area contributed by atoms with Crippen molar-refractivity contribution >= 4 is 28.6 Å². The number of aromatic nitrogens is 3. The van der Waals surface area contributed by atoms with E-state index in [-0.39, 0.29) is 18.1 Å². The standard InChI is InChI=1S/C20H14F2N4O2S2/c1-10-19(30-17(25-10)8-23-20(28)15-3-2-4-24-26-15)12-7-16(29-9-12)11-5-13(21)18(27)14(22)6-11/h2-7,9,27H,8H2,1H3,(H,23,28). The average molecular weight is 444 g/mol. The Kier molecular flexibility index (Phi) is 5.51. The molecule has 0 aliphatic carbocycles. The Hall–Kier alpha value is -3.24. The zero-order chi connectivity index (χ0) is 21.3. The van der Waals surface area contributed by atoms with Gasteiger partial charge >= 0.3 is 0 Å². The van der Waals surface area contributed by atoms with Crippen molar-refractivity contribution in [2.75, 3.05) is 0 Å². The minimum atomic E-state index is -1.00. The van der Waals surface area contributed by atoms with Crippen molar-refractivity contribution in [3.63, 3.8) is 0 Å². The number of thiazole rings is 1. The van der Waals surface area contributed by atoms with Gasteiger partial charge in [-0.1, -0.05) is 0 Å². The summed E-state index contributed by atoms with van der Waals surface area (Å²) in [7, 11) is 0. The summed E-state index contributed by atoms with van der Waals surface area (Å²) in [5.41, 5.74) is 2.22. The first kappa shape index (κ1) is 20.0. The molecular formula is C20H14F2N4O2S2. The summed E-state index contributed by atoms with van der Waals surface area (Å²) < 4.78 is 27.3. The van der Waals surface area contributed by atoms with Gasteiger partial charge in [-0.05, 0) is 42.8 Å². The van der Waals surface area contributed by atoms with Crippen LogP contribution in [0, 0.1) is 18.6 Å². The lowest BCUT2D eigenvalue weighted by Crippen LogP contribution is -2.23. The molecule has 0 fully saturated rings. The summed E-state index contributed by atoms with van der Waals surface area (Å²) in [6.45, 7) is 2.10. The maximum absolute atomic E-state index is 13.7. The van der Waals surface area contributed by atoms with Gasteiger partial charge in [0, 0.05) is 22.0 Å². The van der Waals surface area contributed by atoms with Crippen LogP contribution >= 0.6 is 22.7 Å². The van der Waals surface area contributed by atoms with E-state index in [1.165, 1.54) is 28.9 Å². The van der Waals surface area contributed by atoms with Crippen molar-refractivity contribution in [3.05, 3.63) is 69.9 Å². The summed E-state index contributed by atoms with van der Waals surface area (Å²) in [6.07, 6.45) is 1.49. The maximum atomic E-state index is 13.7. The van der Waals surface area contributed by atoms with Gasteiger partial charge in [-0.15, -0.1) is 27.8 Å². The Balaban J connectivity index is 1.52. The number of phenols is 1. The highest BCUT2D eigenvalue weighted by atomic mass is 32.1. The number of thiophene rings is 1. The predicted molar refractivity (Wildman–Crippen MR) is 110 cm³/mol. The van der Waals surface area contributed by atoms with Gasteiger partial charge in [0.2, 0.25) is 0 Å². The SMILES string of the molecule is Cc1nc(CNC(=O)c2cccnn2)sc1-c1csc(-c2cc(F)c(O)c(F)c2)c1. The number of carbonyl (C=O) groups excluding carboxylic acids is 1. The molecule has 0 aliphatic heterocycles. The van der Waals surface area contributed by atoms with Gasteiger partial charge in [0.1, 0.15) is 5.01 Å². The highest BCUT2D eigenvalue weighted by Gasteiger charge is 2.16. The molecule has 1 aromatic carbocycles. The second kappa shape index (κ2) is 8.25. The van der Waals surface area contributed by atoms with E-state index in [2.05, 4.69) is 20.5 Å². The smallest absolute Gasteiger partial charge is 0.272 e. The van der Waals surface area contributed by atoms with Crippen LogP contribution in [0.15, 0.2) is 41.9 Å². The molecule has 4 aromatic rings. The second-order valence-electron chi connectivity index (χ2n) is 6.30. The van der Waals surface area contributed by atoms with Crippen molar-refractivity contribution in [1.82, 2.24) is 20.5 Å². The van der Waals surface area contributed by atoms with Gasteiger partial charge in [0.05, 0.1) is 17.1 Å². The third-order valence-electron chi connectivity index (χ3n) is 4.21. The molecule has 10 heteroatoms. The molecule has 0 aliphatic rings. The van der Waals surface area contributed by atoms with E-state index in [1.54, 1.807) is 12.1 Å². The number of phenolic OH excluding ortho intramolecular Hbond substituents is 1. The van der Waals surface area contributed by atoms with E-state index in [0.717, 1.165) is 28.3 Å². The molecule has 2 N–H and O–H groups in total. The number of amides is 1. The van der Waals surface area contributed by atoms with Crippen LogP contribution in [0.2, 0.25) is 0 Å². The van der Waals surface area contributed by atoms with Crippen molar-refractivity contribution in [2.24, 2.45) is 0 Å². The molecule has 0 bridgehead atoms. The minimum absolute atomic E-state index is 0.224. The fourth-order valence-corrected chi connectivity index (χ4v) is 4.73. The Bertz CT molecular complexity index is 1200. The van der Waals surface area contributed by atoms with Crippen LogP contribution in [0.4, 0.5) is 8.78 Å². The molecule has 1 amide bonds. The Morgan fingerprint density at radius 3 is 2.67 bits per heavy atom. The van der Waals surface area contributed by atoms with Gasteiger partial charge in [-0.25, -0.2) is 13.8 Å². The van der Waals surface area contributed by atoms with Crippen molar-refractivity contribution in [1.29, 1.82) is 0 Å². The highest BCUT2D eigenvalue weighted by molar-refractivity contribution is 7.17. The molecule has 0 unspecified atom stereocenters. The molecule has 152 valence electrons. The van der Waals surface area contributed by atoms with Crippen LogP contribution < -0.4 is 5.32 Å². The quantitative estimate of drug-likeness (QED) is 0.472. The average Bonchev–Trinajstić information content (AvgIpc) is 3.37. The maximum Gasteiger partial charge on any atom is 0.272 e. The first-order valence-corrected chi connectivity index (χ1v) is 10.4. The van der Waals surface area contributed by atoms with E-state index in [0.29, 0.717) is 15.4 Å². The van der Waals surface area contributed by atoms with Gasteiger partial charge in [-0.2, -0.15) is 5.10 Å². The Morgan fingerprint density at radius 2 is 1.97 bits per heavy atom. The van der Waals surface area contributed by atoms with Crippen molar-refractivity contribution in [3.8, 4) is 26.6 Å². The van der Waals surface area contributed by atoms with E-state index in [9.17, 15) is 18.7 Å². The molecular weight excluding hydrogens is 430 g/mol. The number of benzene rings is 1. The Labute approximate surface area is 177 Å². The number of aryl methyl sites for hydroxylation is 1. The van der Waals surface area contributed by atoms with E-state index >= 15 is 0 Å². The number of carbonyl (C=O) groups is 1. The summed E-state index contributed by atoms with van der Waals surface area (Å²) in [5.74, 6) is -3.33. The van der Waals surface area contributed by atoms with Crippen LogP contribution in [-0.2, 0) is 6.54 Å². The third kappa shape index (κ3) is 4.05. The van der Waals surface area contributed by atoms with E-state index in [1.807, 2.05) is 18.4 Å². The van der Waals surface area contributed by atoms with Crippen LogP contribution in [0.25, 0.3) is 20.9 Å². The van der Waals surface area contributed by atoms with Crippen molar-refractivity contribution in [2.45, 2.75) is 13.5 Å². The molecule has 0 spiro atoms. The summed E-state index contributed by atoms with van der Waals surface area (Å²) >= 11 is 2.76. The van der Waals surface area contributed by atoms with Gasteiger partial charge in [0.15, 0.2) is 23.1 Å². The molecule has 0 saturated carbocycles. The monoisotopic (exact) mass is 444 g/mol. The molecule has 0 atom stereocenters. The minimum Gasteiger partial charge on any atom is -0.503 e. The molecule has 30 heavy (non-hydrogen) atoms. The lowest BCUT2D eigenvalue weighted by Gasteiger charge is -2.01. The van der Waals surface area contributed by atoms with Gasteiger partial charge < -0.3 is 10.4 Å². The first-order valence-electron chi connectivity index (χ1n) is 8.72. The van der Waals surface area contributed by atoms with Gasteiger partial charge in [-0.3, -0.25) is 4.79 Å². The summed E-state index contributed by atoms with van der Waals surface area (Å²) in [4.78, 5) is 18.2. The number of hydrogen-bond acceptors (Lipinski definition) is 7. The number of nitrogens with one attached hydrogen (secondary N) is 1. The summed E-state index contributed by atoms with van der Waals surface area (Å²) in [5, 5.41) is 22.1. The number of aromatic hydroxyl groups is 1. The normalized spacial score (nSPS) is 10.9. The second-order valence-corrected chi connectivity index (χ2v) is 8.30. The fraction of sp³-hybridized carbons (Fsp3) is 0.100. The lowest BCUT2D eigenvalue weighted by atomic mass is 10.1. The topological polar surface area (TPSA) is 88.0 Å². The zero-order valence-electron chi connectivity index (χ0n) is 15.5. The number of hydrogen-bond donors (Lipinski definition) is 2. The van der Waals surface area contributed by atoms with Crippen LogP contribution in [0.5, 0.6) is 5.75 Å². The third-order valence-corrected chi connectivity index (χ3v) is 6.39. The van der Waals surface area contributed by atoms with Crippen molar-refractivity contribution < 1.29 is 18.7 Å². The zero-order valence-corrected chi connectivity index (χ0v) is 17.2. The van der Waals surface area contributed by atoms with E-state index in [4.69, 9.17) is 0 Å². The van der Waals surface area contributed by atoms with Crippen LogP contribution in [-0.4, -0.2) is 26.2 Å². The highest BCUT2D eigenvalue weighted by Crippen LogP contribution is 2.38. The largest absolute Gasteiger partial charge is 0.503 e. The Morgan fingerprint density at radius 1 is 1.20 bits per heavy atom. The molecule has 0 saturated heterocycles. The molecule has 0 radical (unpaired) electrons. The number of halogens is 2. The van der Waals surface area contributed by atoms with Crippen LogP contribution in [0.1, 0.15) is 21.2 Å². The van der Waals surface area contributed by atoms with Gasteiger partial charge in [0.25, 0.3) is 5.91 Å². The fourth-order valence-electron chi connectivity index (χ4n) is 2.78. The lowest BCUT2D eigenvalue weighted by molar-refractivity contribution is 0.0945. The first-order chi connectivity index (χ1) is 14.4. The molecule has 3 aromatic heterocycles. The predicted octanol–water partition coefficient (Wildman–Crippen LogP) is 4.55. The number of nitrogens with zero attached hydrogens (tertiary/aromatic N) is 3. The summed E-state index contributed by atoms with van der Waals surface area (Å²) in [6, 6.07) is 7.22.